The van der Waals surface area contributed by atoms with Crippen LogP contribution in [0.15, 0.2) is 0 Å². The first-order valence-electron chi connectivity index (χ1n) is 4.23. The van der Waals surface area contributed by atoms with Gasteiger partial charge in [0.05, 0.1) is 0 Å². The smallest absolute Gasteiger partial charge is 0.0475 e. The Balaban J connectivity index is 0.00000121. The first-order valence-corrected chi connectivity index (χ1v) is 4.23. The van der Waals surface area contributed by atoms with Gasteiger partial charge in [0.25, 0.3) is 0 Å². The van der Waals surface area contributed by atoms with Crippen molar-refractivity contribution in [3.8, 4) is 0 Å². The fourth-order valence-corrected chi connectivity index (χ4v) is 1.71. The van der Waals surface area contributed by atoms with Crippen molar-refractivity contribution >= 4 is 12.4 Å². The first-order chi connectivity index (χ1) is 5.25. The van der Waals surface area contributed by atoms with E-state index in [1.54, 1.807) is 0 Å². The van der Waals surface area contributed by atoms with E-state index in [0.29, 0.717) is 18.6 Å². The molecule has 74 valence electrons. The van der Waals surface area contributed by atoms with E-state index < -0.39 is 0 Å². The third-order valence-corrected chi connectivity index (χ3v) is 2.49. The maximum absolute atomic E-state index is 9.06. The van der Waals surface area contributed by atoms with Crippen LogP contribution in [0.1, 0.15) is 6.42 Å². The Morgan fingerprint density at radius 2 is 2.17 bits per heavy atom. The molecular weight excluding hydrogens is 176 g/mol. The lowest BCUT2D eigenvalue weighted by molar-refractivity contribution is 0.107. The predicted octanol–water partition coefficient (Wildman–Crippen LogP) is -0.0598. The van der Waals surface area contributed by atoms with Crippen molar-refractivity contribution < 1.29 is 5.11 Å². The molecule has 12 heavy (non-hydrogen) atoms. The van der Waals surface area contributed by atoms with Gasteiger partial charge in [-0.15, -0.1) is 12.4 Å². The molecular formula is C8H19ClN2O. The quantitative estimate of drug-likeness (QED) is 0.647. The third kappa shape index (κ3) is 2.90. The molecule has 3 nitrogen and oxygen atoms in total. The molecule has 1 heterocycles. The van der Waals surface area contributed by atoms with Gasteiger partial charge in [0, 0.05) is 19.2 Å². The molecule has 1 rings (SSSR count). The summed E-state index contributed by atoms with van der Waals surface area (Å²) >= 11 is 0. The van der Waals surface area contributed by atoms with Crippen LogP contribution in [0.2, 0.25) is 0 Å². The highest BCUT2D eigenvalue weighted by molar-refractivity contribution is 5.85. The van der Waals surface area contributed by atoms with Crippen LogP contribution in [0.25, 0.3) is 0 Å². The van der Waals surface area contributed by atoms with Gasteiger partial charge in [0.15, 0.2) is 0 Å². The molecule has 0 aromatic carbocycles. The number of likely N-dealkylation sites (N-methyl/N-ethyl adjacent to an activating group) is 1. The summed E-state index contributed by atoms with van der Waals surface area (Å²) in [6, 6.07) is 0.508. The average Bonchev–Trinajstić information content (AvgIpc) is 2.04. The molecule has 0 unspecified atom stereocenters. The lowest BCUT2D eigenvalue weighted by Gasteiger charge is -2.35. The van der Waals surface area contributed by atoms with Crippen LogP contribution in [0, 0.1) is 5.92 Å². The molecule has 1 aliphatic rings. The van der Waals surface area contributed by atoms with Crippen molar-refractivity contribution in [3.63, 3.8) is 0 Å². The van der Waals surface area contributed by atoms with Crippen LogP contribution in [0.4, 0.5) is 0 Å². The van der Waals surface area contributed by atoms with Crippen molar-refractivity contribution in [1.82, 2.24) is 10.2 Å². The number of hydrogen-bond acceptors (Lipinski definition) is 3. The summed E-state index contributed by atoms with van der Waals surface area (Å²) in [4.78, 5) is 2.19. The zero-order chi connectivity index (χ0) is 8.27. The SMILES string of the molecule is CN(C)[C@@H]1CNCC[C@@H]1CO.Cl. The summed E-state index contributed by atoms with van der Waals surface area (Å²) < 4.78 is 0. The summed E-state index contributed by atoms with van der Waals surface area (Å²) in [7, 11) is 4.14. The average molecular weight is 195 g/mol. The Morgan fingerprint density at radius 3 is 2.58 bits per heavy atom. The van der Waals surface area contributed by atoms with Gasteiger partial charge in [0.2, 0.25) is 0 Å². The second-order valence-corrected chi connectivity index (χ2v) is 3.47. The molecule has 0 bridgehead atoms. The van der Waals surface area contributed by atoms with Gasteiger partial charge in [-0.05, 0) is 33.0 Å². The molecule has 0 amide bonds. The minimum absolute atomic E-state index is 0. The molecule has 4 heteroatoms. The Hall–Kier alpha value is 0.170. The van der Waals surface area contributed by atoms with E-state index in [1.807, 2.05) is 0 Å². The molecule has 0 aromatic heterocycles. The van der Waals surface area contributed by atoms with Crippen molar-refractivity contribution in [2.45, 2.75) is 12.5 Å². The van der Waals surface area contributed by atoms with Crippen LogP contribution < -0.4 is 5.32 Å². The number of aliphatic hydroxyl groups is 1. The van der Waals surface area contributed by atoms with Crippen LogP contribution in [0.3, 0.4) is 0 Å². The third-order valence-electron chi connectivity index (χ3n) is 2.49. The summed E-state index contributed by atoms with van der Waals surface area (Å²) in [5.41, 5.74) is 0. The molecule has 1 aliphatic heterocycles. The maximum Gasteiger partial charge on any atom is 0.0475 e. The molecule has 1 saturated heterocycles. The van der Waals surface area contributed by atoms with Crippen LogP contribution in [0.5, 0.6) is 0 Å². The zero-order valence-electron chi connectivity index (χ0n) is 7.79. The number of nitrogens with zero attached hydrogens (tertiary/aromatic N) is 1. The molecule has 0 spiro atoms. The van der Waals surface area contributed by atoms with Crippen molar-refractivity contribution in [1.29, 1.82) is 0 Å². The fraction of sp³-hybridized carbons (Fsp3) is 1.00. The van der Waals surface area contributed by atoms with Gasteiger partial charge >= 0.3 is 0 Å². The first kappa shape index (κ1) is 12.2. The van der Waals surface area contributed by atoms with Crippen LogP contribution >= 0.6 is 12.4 Å². The van der Waals surface area contributed by atoms with Crippen molar-refractivity contribution in [2.75, 3.05) is 33.8 Å². The molecule has 2 atom stereocenters. The number of aliphatic hydroxyl groups excluding tert-OH is 1. The number of hydrogen-bond donors (Lipinski definition) is 2. The summed E-state index contributed by atoms with van der Waals surface area (Å²) in [6.07, 6.45) is 1.10. The number of halogens is 1. The fourth-order valence-electron chi connectivity index (χ4n) is 1.71. The lowest BCUT2D eigenvalue weighted by Crippen LogP contribution is -2.49. The van der Waals surface area contributed by atoms with Gasteiger partial charge in [-0.2, -0.15) is 0 Å². The Bertz CT molecular complexity index is 122. The van der Waals surface area contributed by atoms with E-state index in [0.717, 1.165) is 19.5 Å². The molecule has 0 saturated carbocycles. The highest BCUT2D eigenvalue weighted by Gasteiger charge is 2.25. The van der Waals surface area contributed by atoms with Gasteiger partial charge in [0.1, 0.15) is 0 Å². The van der Waals surface area contributed by atoms with E-state index in [9.17, 15) is 0 Å². The van der Waals surface area contributed by atoms with Crippen molar-refractivity contribution in [3.05, 3.63) is 0 Å². The largest absolute Gasteiger partial charge is 0.396 e. The molecule has 0 aromatic rings. The van der Waals surface area contributed by atoms with E-state index in [2.05, 4.69) is 24.3 Å². The predicted molar refractivity (Wildman–Crippen MR) is 52.8 cm³/mol. The van der Waals surface area contributed by atoms with Gasteiger partial charge < -0.3 is 15.3 Å². The maximum atomic E-state index is 9.06. The number of rotatable bonds is 2. The molecule has 0 aliphatic carbocycles. The number of piperidine rings is 1. The zero-order valence-corrected chi connectivity index (χ0v) is 8.60. The second kappa shape index (κ2) is 5.75. The minimum atomic E-state index is 0. The van der Waals surface area contributed by atoms with Crippen molar-refractivity contribution in [2.24, 2.45) is 5.92 Å². The normalized spacial score (nSPS) is 30.0. The molecule has 2 N–H and O–H groups in total. The summed E-state index contributed by atoms with van der Waals surface area (Å²) in [5, 5.41) is 12.4. The van der Waals surface area contributed by atoms with E-state index in [1.165, 1.54) is 0 Å². The van der Waals surface area contributed by atoms with E-state index in [-0.39, 0.29) is 12.4 Å². The Morgan fingerprint density at radius 1 is 1.50 bits per heavy atom. The standard InChI is InChI=1S/C8H18N2O.ClH/c1-10(2)8-5-9-4-3-7(8)6-11;/h7-9,11H,3-6H2,1-2H3;1H/t7-,8-;/m1./s1. The van der Waals surface area contributed by atoms with Gasteiger partial charge in [-0.1, -0.05) is 0 Å². The minimum Gasteiger partial charge on any atom is -0.396 e. The van der Waals surface area contributed by atoms with Gasteiger partial charge in [-0.3, -0.25) is 0 Å². The topological polar surface area (TPSA) is 35.5 Å². The Kier molecular flexibility index (Phi) is 5.84. The van der Waals surface area contributed by atoms with E-state index >= 15 is 0 Å². The van der Waals surface area contributed by atoms with E-state index in [4.69, 9.17) is 5.11 Å². The monoisotopic (exact) mass is 194 g/mol. The Labute approximate surface area is 80.5 Å². The lowest BCUT2D eigenvalue weighted by atomic mass is 9.93. The highest BCUT2D eigenvalue weighted by Crippen LogP contribution is 2.14. The molecule has 1 fully saturated rings. The van der Waals surface area contributed by atoms with Crippen LogP contribution in [-0.2, 0) is 0 Å². The van der Waals surface area contributed by atoms with Crippen LogP contribution in [-0.4, -0.2) is 49.8 Å². The summed E-state index contributed by atoms with van der Waals surface area (Å²) in [6.45, 7) is 2.39. The van der Waals surface area contributed by atoms with Gasteiger partial charge in [-0.25, -0.2) is 0 Å². The second-order valence-electron chi connectivity index (χ2n) is 3.47. The summed E-state index contributed by atoms with van der Waals surface area (Å²) in [5.74, 6) is 0.464. The molecule has 0 radical (unpaired) electrons. The highest BCUT2D eigenvalue weighted by atomic mass is 35.5. The number of nitrogens with one attached hydrogen (secondary N) is 1.